The smallest absolute Gasteiger partial charge is 0.271 e. The average molecular weight is 301 g/mol. The monoisotopic (exact) mass is 301 g/mol. The molecule has 0 saturated heterocycles. The molecule has 22 heavy (non-hydrogen) atoms. The van der Waals surface area contributed by atoms with E-state index in [9.17, 15) is 9.90 Å². The number of aliphatic hydroxyl groups is 1. The molecule has 3 rings (SSSR count). The number of hydrogen-bond acceptors (Lipinski definition) is 6. The van der Waals surface area contributed by atoms with Crippen LogP contribution in [-0.4, -0.2) is 40.7 Å². The Hall–Kier alpha value is -2.67. The molecule has 7 heteroatoms. The van der Waals surface area contributed by atoms with Gasteiger partial charge in [-0.15, -0.1) is 0 Å². The number of carbonyl (C=O) groups is 1. The van der Waals surface area contributed by atoms with Gasteiger partial charge in [-0.2, -0.15) is 0 Å². The molecule has 0 aliphatic carbocycles. The van der Waals surface area contributed by atoms with Gasteiger partial charge >= 0.3 is 0 Å². The number of fused-ring (bicyclic) bond motifs is 1. The molecule has 1 amide bonds. The summed E-state index contributed by atoms with van der Waals surface area (Å²) in [6.45, 7) is 1.06. The third-order valence-corrected chi connectivity index (χ3v) is 3.20. The van der Waals surface area contributed by atoms with Crippen molar-refractivity contribution in [3.05, 3.63) is 48.0 Å². The first kappa shape index (κ1) is 14.3. The minimum absolute atomic E-state index is 0.0645. The van der Waals surface area contributed by atoms with Gasteiger partial charge in [-0.1, -0.05) is 6.07 Å². The molecular weight excluding hydrogens is 286 g/mol. The number of ether oxygens (including phenoxy) is 2. The Labute approximate surface area is 126 Å². The van der Waals surface area contributed by atoms with Gasteiger partial charge in [0.2, 0.25) is 0 Å². The molecule has 2 aromatic rings. The molecule has 1 atom stereocenters. The molecule has 1 aliphatic rings. The molecule has 1 aromatic heterocycles. The van der Waals surface area contributed by atoms with Crippen LogP contribution in [0, 0.1) is 0 Å². The van der Waals surface area contributed by atoms with Crippen LogP contribution >= 0.6 is 0 Å². The summed E-state index contributed by atoms with van der Waals surface area (Å²) < 4.78 is 10.9. The van der Waals surface area contributed by atoms with Crippen molar-refractivity contribution in [1.29, 1.82) is 0 Å². The van der Waals surface area contributed by atoms with E-state index in [0.29, 0.717) is 30.3 Å². The van der Waals surface area contributed by atoms with E-state index >= 15 is 0 Å². The molecule has 0 bridgehead atoms. The summed E-state index contributed by atoms with van der Waals surface area (Å²) >= 11 is 0. The summed E-state index contributed by atoms with van der Waals surface area (Å²) in [7, 11) is 0. The SMILES string of the molecule is O=C(NCC(O)c1ccc2c(c1)OCCO2)c1cnccn1. The van der Waals surface area contributed by atoms with E-state index < -0.39 is 6.10 Å². The van der Waals surface area contributed by atoms with Crippen LogP contribution in [0.1, 0.15) is 22.2 Å². The number of aliphatic hydroxyl groups excluding tert-OH is 1. The highest BCUT2D eigenvalue weighted by Crippen LogP contribution is 2.32. The molecule has 114 valence electrons. The second-order valence-electron chi connectivity index (χ2n) is 4.72. The van der Waals surface area contributed by atoms with Crippen LogP contribution in [0.15, 0.2) is 36.8 Å². The summed E-state index contributed by atoms with van der Waals surface area (Å²) in [5.41, 5.74) is 0.848. The standard InChI is InChI=1S/C15H15N3O4/c19-12(9-18-15(20)11-8-16-3-4-17-11)10-1-2-13-14(7-10)22-6-5-21-13/h1-4,7-8,12,19H,5-6,9H2,(H,18,20). The Morgan fingerprint density at radius 3 is 2.86 bits per heavy atom. The number of hydrogen-bond donors (Lipinski definition) is 2. The van der Waals surface area contributed by atoms with Crippen molar-refractivity contribution in [2.24, 2.45) is 0 Å². The lowest BCUT2D eigenvalue weighted by Gasteiger charge is -2.20. The third kappa shape index (κ3) is 3.15. The summed E-state index contributed by atoms with van der Waals surface area (Å²) in [4.78, 5) is 19.6. The van der Waals surface area contributed by atoms with Gasteiger partial charge in [-0.25, -0.2) is 4.98 Å². The van der Waals surface area contributed by atoms with Crippen molar-refractivity contribution in [2.75, 3.05) is 19.8 Å². The van der Waals surface area contributed by atoms with E-state index in [0.717, 1.165) is 0 Å². The largest absolute Gasteiger partial charge is 0.486 e. The molecule has 0 spiro atoms. The molecule has 2 heterocycles. The number of amides is 1. The Morgan fingerprint density at radius 1 is 1.27 bits per heavy atom. The van der Waals surface area contributed by atoms with E-state index in [1.54, 1.807) is 18.2 Å². The van der Waals surface area contributed by atoms with Gasteiger partial charge in [-0.3, -0.25) is 9.78 Å². The van der Waals surface area contributed by atoms with Crippen LogP contribution < -0.4 is 14.8 Å². The van der Waals surface area contributed by atoms with Gasteiger partial charge in [-0.05, 0) is 17.7 Å². The van der Waals surface area contributed by atoms with Gasteiger partial charge in [0, 0.05) is 18.9 Å². The molecule has 0 radical (unpaired) electrons. The highest BCUT2D eigenvalue weighted by Gasteiger charge is 2.16. The Balaban J connectivity index is 1.62. The second-order valence-corrected chi connectivity index (χ2v) is 4.72. The first-order valence-electron chi connectivity index (χ1n) is 6.86. The molecule has 0 fully saturated rings. The first-order valence-corrected chi connectivity index (χ1v) is 6.86. The second kappa shape index (κ2) is 6.40. The minimum Gasteiger partial charge on any atom is -0.486 e. The molecule has 7 nitrogen and oxygen atoms in total. The van der Waals surface area contributed by atoms with Crippen LogP contribution in [0.3, 0.4) is 0 Å². The topological polar surface area (TPSA) is 93.6 Å². The highest BCUT2D eigenvalue weighted by atomic mass is 16.6. The number of carbonyl (C=O) groups excluding carboxylic acids is 1. The predicted molar refractivity (Wildman–Crippen MR) is 76.8 cm³/mol. The number of nitrogens with zero attached hydrogens (tertiary/aromatic N) is 2. The van der Waals surface area contributed by atoms with Gasteiger partial charge in [0.15, 0.2) is 11.5 Å². The highest BCUT2D eigenvalue weighted by molar-refractivity contribution is 5.91. The molecule has 0 saturated carbocycles. The fourth-order valence-electron chi connectivity index (χ4n) is 2.08. The molecule has 2 N–H and O–H groups in total. The van der Waals surface area contributed by atoms with E-state index in [1.807, 2.05) is 0 Å². The van der Waals surface area contributed by atoms with Crippen molar-refractivity contribution < 1.29 is 19.4 Å². The van der Waals surface area contributed by atoms with Gasteiger partial charge in [0.25, 0.3) is 5.91 Å². The quantitative estimate of drug-likeness (QED) is 0.864. The van der Waals surface area contributed by atoms with Crippen molar-refractivity contribution in [1.82, 2.24) is 15.3 Å². The van der Waals surface area contributed by atoms with Gasteiger partial charge in [0.05, 0.1) is 12.3 Å². The lowest BCUT2D eigenvalue weighted by atomic mass is 10.1. The Bertz CT molecular complexity index is 663. The zero-order valence-corrected chi connectivity index (χ0v) is 11.7. The lowest BCUT2D eigenvalue weighted by molar-refractivity contribution is 0.0910. The zero-order chi connectivity index (χ0) is 15.4. The third-order valence-electron chi connectivity index (χ3n) is 3.20. The van der Waals surface area contributed by atoms with E-state index in [4.69, 9.17) is 9.47 Å². The first-order chi connectivity index (χ1) is 10.7. The van der Waals surface area contributed by atoms with E-state index in [-0.39, 0.29) is 18.1 Å². The van der Waals surface area contributed by atoms with E-state index in [1.165, 1.54) is 18.6 Å². The zero-order valence-electron chi connectivity index (χ0n) is 11.7. The number of nitrogens with one attached hydrogen (secondary N) is 1. The van der Waals surface area contributed by atoms with Crippen molar-refractivity contribution in [2.45, 2.75) is 6.10 Å². The summed E-state index contributed by atoms with van der Waals surface area (Å²) in [6, 6.07) is 5.21. The van der Waals surface area contributed by atoms with Crippen LogP contribution in [0.5, 0.6) is 11.5 Å². The summed E-state index contributed by atoms with van der Waals surface area (Å²) in [5.74, 6) is 0.874. The molecular formula is C15H15N3O4. The van der Waals surface area contributed by atoms with Crippen LogP contribution in [0.4, 0.5) is 0 Å². The Kier molecular flexibility index (Phi) is 4.15. The Morgan fingerprint density at radius 2 is 2.09 bits per heavy atom. The van der Waals surface area contributed by atoms with Crippen LogP contribution in [0.25, 0.3) is 0 Å². The fraction of sp³-hybridized carbons (Fsp3) is 0.267. The predicted octanol–water partition coefficient (Wildman–Crippen LogP) is 0.711. The number of aromatic nitrogens is 2. The maximum absolute atomic E-state index is 11.8. The molecule has 1 unspecified atom stereocenters. The summed E-state index contributed by atoms with van der Waals surface area (Å²) in [6.07, 6.45) is 3.44. The maximum Gasteiger partial charge on any atom is 0.271 e. The van der Waals surface area contributed by atoms with Gasteiger partial charge in [0.1, 0.15) is 18.9 Å². The van der Waals surface area contributed by atoms with Crippen molar-refractivity contribution in [3.63, 3.8) is 0 Å². The molecule has 1 aliphatic heterocycles. The average Bonchev–Trinajstić information content (AvgIpc) is 2.59. The minimum atomic E-state index is -0.851. The number of rotatable bonds is 4. The normalized spacial score (nSPS) is 14.2. The van der Waals surface area contributed by atoms with E-state index in [2.05, 4.69) is 15.3 Å². The fourth-order valence-corrected chi connectivity index (χ4v) is 2.08. The van der Waals surface area contributed by atoms with Crippen molar-refractivity contribution in [3.8, 4) is 11.5 Å². The van der Waals surface area contributed by atoms with Crippen molar-refractivity contribution >= 4 is 5.91 Å². The lowest BCUT2D eigenvalue weighted by Crippen LogP contribution is -2.29. The molecule has 1 aromatic carbocycles. The maximum atomic E-state index is 11.8. The number of benzene rings is 1. The van der Waals surface area contributed by atoms with Crippen LogP contribution in [-0.2, 0) is 0 Å². The van der Waals surface area contributed by atoms with Gasteiger partial charge < -0.3 is 19.9 Å². The summed E-state index contributed by atoms with van der Waals surface area (Å²) in [5, 5.41) is 12.8. The van der Waals surface area contributed by atoms with Crippen LogP contribution in [0.2, 0.25) is 0 Å².